The van der Waals surface area contributed by atoms with Gasteiger partial charge in [0.15, 0.2) is 0 Å². The summed E-state index contributed by atoms with van der Waals surface area (Å²) in [7, 11) is 0. The summed E-state index contributed by atoms with van der Waals surface area (Å²) >= 11 is 0. The molecule has 0 aliphatic heterocycles. The first-order valence-corrected chi connectivity index (χ1v) is 3.30. The van der Waals surface area contributed by atoms with E-state index in [1.54, 1.807) is 17.1 Å². The maximum Gasteiger partial charge on any atom is 0.104 e. The summed E-state index contributed by atoms with van der Waals surface area (Å²) in [4.78, 5) is 4.61. The Hall–Kier alpha value is -1.13. The first-order valence-electron chi connectivity index (χ1n) is 3.30. The molecule has 0 fully saturated rings. The Morgan fingerprint density at radius 2 is 2.64 bits per heavy atom. The summed E-state index contributed by atoms with van der Waals surface area (Å²) < 4.78 is 1.60. The minimum absolute atomic E-state index is 0.122. The summed E-state index contributed by atoms with van der Waals surface area (Å²) in [6.07, 6.45) is 4.99. The third kappa shape index (κ3) is 1.66. The molecule has 0 saturated heterocycles. The predicted octanol–water partition coefficient (Wildman–Crippen LogP) is 0.935. The van der Waals surface area contributed by atoms with Gasteiger partial charge in [-0.05, 0) is 6.92 Å². The van der Waals surface area contributed by atoms with Gasteiger partial charge >= 0.3 is 0 Å². The lowest BCUT2D eigenvalue weighted by molar-refractivity contribution is 0.0664. The molecule has 0 aliphatic carbocycles. The zero-order valence-corrected chi connectivity index (χ0v) is 6.40. The van der Waals surface area contributed by atoms with Crippen LogP contribution in [0.5, 0.6) is 0 Å². The monoisotopic (exact) mass is 153 g/mol. The molecule has 0 saturated carbocycles. The Kier molecular flexibility index (Phi) is 2.40. The smallest absolute Gasteiger partial charge is 0.104 e. The van der Waals surface area contributed by atoms with Crippen LogP contribution in [-0.4, -0.2) is 9.78 Å². The molecule has 4 nitrogen and oxygen atoms in total. The fraction of sp³-hybridized carbons (Fsp3) is 0.286. The van der Waals surface area contributed by atoms with E-state index in [0.717, 1.165) is 5.56 Å². The van der Waals surface area contributed by atoms with Gasteiger partial charge in [0.25, 0.3) is 0 Å². The van der Waals surface area contributed by atoms with Crippen LogP contribution in [-0.2, 0) is 4.84 Å². The van der Waals surface area contributed by atoms with Crippen LogP contribution in [0.4, 0.5) is 0 Å². The van der Waals surface area contributed by atoms with Crippen molar-refractivity contribution >= 4 is 6.20 Å². The van der Waals surface area contributed by atoms with E-state index >= 15 is 0 Å². The van der Waals surface area contributed by atoms with E-state index in [-0.39, 0.29) is 6.10 Å². The van der Waals surface area contributed by atoms with Crippen molar-refractivity contribution in [1.29, 1.82) is 0 Å². The molecule has 1 unspecified atom stereocenters. The standard InChI is InChI=1S/C7H11N3O/c1-3-10-5-7(4-9-10)6(2)11-8/h3-6H,1,8H2,2H3. The second kappa shape index (κ2) is 3.32. The van der Waals surface area contributed by atoms with Gasteiger partial charge in [-0.2, -0.15) is 5.10 Å². The van der Waals surface area contributed by atoms with Gasteiger partial charge in [-0.25, -0.2) is 10.6 Å². The second-order valence-electron chi connectivity index (χ2n) is 2.21. The Morgan fingerprint density at radius 3 is 3.09 bits per heavy atom. The highest BCUT2D eigenvalue weighted by Gasteiger charge is 2.05. The molecule has 0 bridgehead atoms. The van der Waals surface area contributed by atoms with Gasteiger partial charge < -0.3 is 0 Å². The molecular formula is C7H11N3O. The number of hydrogen-bond acceptors (Lipinski definition) is 3. The van der Waals surface area contributed by atoms with E-state index in [1.807, 2.05) is 13.1 Å². The molecule has 0 aromatic carbocycles. The lowest BCUT2D eigenvalue weighted by Crippen LogP contribution is -2.04. The molecule has 2 N–H and O–H groups in total. The molecule has 1 aromatic heterocycles. The number of aromatic nitrogens is 2. The number of rotatable bonds is 3. The average Bonchev–Trinajstić information content (AvgIpc) is 2.50. The van der Waals surface area contributed by atoms with Crippen LogP contribution in [0.3, 0.4) is 0 Å². The first kappa shape index (κ1) is 7.97. The number of nitrogens with zero attached hydrogens (tertiary/aromatic N) is 2. The van der Waals surface area contributed by atoms with Crippen molar-refractivity contribution in [2.24, 2.45) is 5.90 Å². The largest absolute Gasteiger partial charge is 0.297 e. The van der Waals surface area contributed by atoms with Crippen molar-refractivity contribution < 1.29 is 4.84 Å². The molecule has 1 heterocycles. The third-order valence-corrected chi connectivity index (χ3v) is 1.48. The molecule has 1 atom stereocenters. The average molecular weight is 153 g/mol. The van der Waals surface area contributed by atoms with Gasteiger partial charge in [-0.3, -0.25) is 4.84 Å². The third-order valence-electron chi connectivity index (χ3n) is 1.48. The van der Waals surface area contributed by atoms with E-state index in [2.05, 4.69) is 16.5 Å². The fourth-order valence-corrected chi connectivity index (χ4v) is 0.741. The van der Waals surface area contributed by atoms with Gasteiger partial charge in [0.05, 0.1) is 6.20 Å². The Balaban J connectivity index is 2.79. The molecular weight excluding hydrogens is 142 g/mol. The van der Waals surface area contributed by atoms with Gasteiger partial charge in [0.2, 0.25) is 0 Å². The Labute approximate surface area is 65.2 Å². The minimum atomic E-state index is -0.122. The highest BCUT2D eigenvalue weighted by molar-refractivity contribution is 5.18. The molecule has 0 aliphatic rings. The molecule has 11 heavy (non-hydrogen) atoms. The van der Waals surface area contributed by atoms with Gasteiger partial charge in [-0.15, -0.1) is 0 Å². The lowest BCUT2D eigenvalue weighted by atomic mass is 10.2. The summed E-state index contributed by atoms with van der Waals surface area (Å²) in [5.41, 5.74) is 0.937. The van der Waals surface area contributed by atoms with Crippen LogP contribution in [0.15, 0.2) is 19.0 Å². The minimum Gasteiger partial charge on any atom is -0.297 e. The van der Waals surface area contributed by atoms with Crippen molar-refractivity contribution in [3.63, 3.8) is 0 Å². The SMILES string of the molecule is C=Cn1cc(C(C)ON)cn1. The van der Waals surface area contributed by atoms with Crippen molar-refractivity contribution in [1.82, 2.24) is 9.78 Å². The van der Waals surface area contributed by atoms with Crippen LogP contribution in [0.1, 0.15) is 18.6 Å². The van der Waals surface area contributed by atoms with E-state index in [0.29, 0.717) is 0 Å². The maximum atomic E-state index is 4.99. The van der Waals surface area contributed by atoms with E-state index in [1.165, 1.54) is 0 Å². The fourth-order valence-electron chi connectivity index (χ4n) is 0.741. The van der Waals surface area contributed by atoms with E-state index in [9.17, 15) is 0 Å². The van der Waals surface area contributed by atoms with Crippen molar-refractivity contribution in [3.05, 3.63) is 24.5 Å². The Bertz CT molecular complexity index is 244. The van der Waals surface area contributed by atoms with Crippen molar-refractivity contribution in [2.75, 3.05) is 0 Å². The van der Waals surface area contributed by atoms with Crippen LogP contribution in [0.2, 0.25) is 0 Å². The zero-order chi connectivity index (χ0) is 8.27. The molecule has 0 amide bonds. The predicted molar refractivity (Wildman–Crippen MR) is 42.3 cm³/mol. The van der Waals surface area contributed by atoms with Crippen molar-refractivity contribution in [3.8, 4) is 0 Å². The number of nitrogens with two attached hydrogens (primary N) is 1. The van der Waals surface area contributed by atoms with E-state index < -0.39 is 0 Å². The summed E-state index contributed by atoms with van der Waals surface area (Å²) in [6.45, 7) is 5.41. The molecule has 0 spiro atoms. The first-order chi connectivity index (χ1) is 5.27. The molecule has 1 aromatic rings. The molecule has 0 radical (unpaired) electrons. The molecule has 60 valence electrons. The topological polar surface area (TPSA) is 53.1 Å². The molecule has 1 rings (SSSR count). The summed E-state index contributed by atoms with van der Waals surface area (Å²) in [5, 5.41) is 3.97. The van der Waals surface area contributed by atoms with Crippen LogP contribution < -0.4 is 5.90 Å². The highest BCUT2D eigenvalue weighted by Crippen LogP contribution is 2.12. The lowest BCUT2D eigenvalue weighted by Gasteiger charge is -2.02. The van der Waals surface area contributed by atoms with E-state index in [4.69, 9.17) is 5.90 Å². The van der Waals surface area contributed by atoms with Gasteiger partial charge in [0.1, 0.15) is 6.10 Å². The van der Waals surface area contributed by atoms with Crippen LogP contribution in [0, 0.1) is 0 Å². The number of hydrogen-bond donors (Lipinski definition) is 1. The van der Waals surface area contributed by atoms with Crippen LogP contribution in [0.25, 0.3) is 6.20 Å². The van der Waals surface area contributed by atoms with Gasteiger partial charge in [-0.1, -0.05) is 6.58 Å². The second-order valence-corrected chi connectivity index (χ2v) is 2.21. The van der Waals surface area contributed by atoms with Gasteiger partial charge in [0, 0.05) is 18.0 Å². The summed E-state index contributed by atoms with van der Waals surface area (Å²) in [5.74, 6) is 4.99. The molecule has 4 heteroatoms. The van der Waals surface area contributed by atoms with Crippen LogP contribution >= 0.6 is 0 Å². The quantitative estimate of drug-likeness (QED) is 0.657. The maximum absolute atomic E-state index is 4.99. The zero-order valence-electron chi connectivity index (χ0n) is 6.40. The van der Waals surface area contributed by atoms with Crippen molar-refractivity contribution in [2.45, 2.75) is 13.0 Å². The highest BCUT2D eigenvalue weighted by atomic mass is 16.6. The Morgan fingerprint density at radius 1 is 1.91 bits per heavy atom. The normalized spacial score (nSPS) is 12.9. The summed E-state index contributed by atoms with van der Waals surface area (Å²) in [6, 6.07) is 0.